The summed E-state index contributed by atoms with van der Waals surface area (Å²) in [5.74, 6) is 0.847. The highest BCUT2D eigenvalue weighted by molar-refractivity contribution is 14.0. The Bertz CT molecular complexity index is 453. The molecule has 6 nitrogen and oxygen atoms in total. The van der Waals surface area contributed by atoms with Gasteiger partial charge in [-0.25, -0.2) is 0 Å². The van der Waals surface area contributed by atoms with Crippen LogP contribution in [0.4, 0.5) is 0 Å². The van der Waals surface area contributed by atoms with Crippen molar-refractivity contribution < 1.29 is 9.47 Å². The molecule has 0 aromatic carbocycles. The third-order valence-corrected chi connectivity index (χ3v) is 4.70. The van der Waals surface area contributed by atoms with Gasteiger partial charge in [-0.3, -0.25) is 9.89 Å². The van der Waals surface area contributed by atoms with E-state index in [0.717, 1.165) is 51.9 Å². The van der Waals surface area contributed by atoms with Gasteiger partial charge in [-0.2, -0.15) is 0 Å². The first-order chi connectivity index (χ1) is 11.3. The molecule has 1 fully saturated rings. The number of guanidine groups is 1. The summed E-state index contributed by atoms with van der Waals surface area (Å²) in [5.41, 5.74) is 0. The molecule has 0 aliphatic carbocycles. The van der Waals surface area contributed by atoms with Gasteiger partial charge in [0.2, 0.25) is 0 Å². The minimum atomic E-state index is 0. The van der Waals surface area contributed by atoms with Gasteiger partial charge in [-0.05, 0) is 18.4 Å². The van der Waals surface area contributed by atoms with Crippen LogP contribution in [0.1, 0.15) is 17.8 Å². The van der Waals surface area contributed by atoms with E-state index in [1.165, 1.54) is 4.88 Å². The summed E-state index contributed by atoms with van der Waals surface area (Å²) < 4.78 is 10.6. The predicted octanol–water partition coefficient (Wildman–Crippen LogP) is 1.94. The summed E-state index contributed by atoms with van der Waals surface area (Å²) in [4.78, 5) is 8.61. The Labute approximate surface area is 166 Å². The highest BCUT2D eigenvalue weighted by Gasteiger charge is 2.23. The first kappa shape index (κ1) is 21.6. The average Bonchev–Trinajstić information content (AvgIpc) is 3.10. The molecular weight excluding hydrogens is 439 g/mol. The van der Waals surface area contributed by atoms with E-state index in [-0.39, 0.29) is 24.0 Å². The van der Waals surface area contributed by atoms with Gasteiger partial charge < -0.3 is 20.1 Å². The monoisotopic (exact) mass is 468 g/mol. The van der Waals surface area contributed by atoms with Gasteiger partial charge in [0, 0.05) is 38.2 Å². The average molecular weight is 468 g/mol. The van der Waals surface area contributed by atoms with Crippen molar-refractivity contribution in [3.05, 3.63) is 22.4 Å². The van der Waals surface area contributed by atoms with E-state index >= 15 is 0 Å². The second-order valence-corrected chi connectivity index (χ2v) is 6.30. The number of methoxy groups -OCH3 is 1. The van der Waals surface area contributed by atoms with Crippen LogP contribution in [-0.2, 0) is 9.47 Å². The lowest BCUT2D eigenvalue weighted by atomic mass is 10.2. The van der Waals surface area contributed by atoms with E-state index < -0.39 is 0 Å². The minimum absolute atomic E-state index is 0. The van der Waals surface area contributed by atoms with Crippen LogP contribution >= 0.6 is 35.3 Å². The number of ether oxygens (including phenoxy) is 2. The van der Waals surface area contributed by atoms with Crippen molar-refractivity contribution in [3.63, 3.8) is 0 Å². The molecule has 1 aliphatic heterocycles. The topological polar surface area (TPSA) is 58.1 Å². The molecule has 1 aliphatic rings. The lowest BCUT2D eigenvalue weighted by molar-refractivity contribution is 0.0186. The van der Waals surface area contributed by atoms with Crippen molar-refractivity contribution in [2.24, 2.45) is 4.99 Å². The molecule has 0 saturated carbocycles. The Kier molecular flexibility index (Phi) is 11.6. The number of nitrogens with one attached hydrogen (secondary N) is 2. The molecular formula is C16H29IN4O2S. The third-order valence-electron chi connectivity index (χ3n) is 3.72. The van der Waals surface area contributed by atoms with Gasteiger partial charge in [0.1, 0.15) is 0 Å². The Morgan fingerprint density at radius 1 is 1.42 bits per heavy atom. The highest BCUT2D eigenvalue weighted by atomic mass is 127. The maximum Gasteiger partial charge on any atom is 0.191 e. The molecule has 8 heteroatoms. The second-order valence-electron chi connectivity index (χ2n) is 5.32. The smallest absolute Gasteiger partial charge is 0.191 e. The fourth-order valence-corrected chi connectivity index (χ4v) is 3.40. The molecule has 0 amide bonds. The van der Waals surface area contributed by atoms with E-state index in [0.29, 0.717) is 12.6 Å². The van der Waals surface area contributed by atoms with Crippen molar-refractivity contribution in [1.82, 2.24) is 15.5 Å². The van der Waals surface area contributed by atoms with Crippen LogP contribution in [0.2, 0.25) is 0 Å². The normalized spacial score (nSPS) is 17.2. The third kappa shape index (κ3) is 7.22. The summed E-state index contributed by atoms with van der Waals surface area (Å²) in [5, 5.41) is 8.72. The van der Waals surface area contributed by atoms with Crippen molar-refractivity contribution in [1.29, 1.82) is 0 Å². The zero-order valence-corrected chi connectivity index (χ0v) is 17.6. The van der Waals surface area contributed by atoms with E-state index in [9.17, 15) is 0 Å². The fourth-order valence-electron chi connectivity index (χ4n) is 2.55. The van der Waals surface area contributed by atoms with Crippen molar-refractivity contribution in [3.8, 4) is 0 Å². The zero-order chi connectivity index (χ0) is 16.3. The van der Waals surface area contributed by atoms with E-state index in [2.05, 4.69) is 40.0 Å². The number of nitrogens with zero attached hydrogens (tertiary/aromatic N) is 2. The number of thiophene rings is 1. The van der Waals surface area contributed by atoms with Crippen LogP contribution in [0.3, 0.4) is 0 Å². The van der Waals surface area contributed by atoms with Crippen LogP contribution in [0.5, 0.6) is 0 Å². The molecule has 0 radical (unpaired) electrons. The molecule has 0 spiro atoms. The Morgan fingerprint density at radius 2 is 2.21 bits per heavy atom. The summed E-state index contributed by atoms with van der Waals surface area (Å²) in [6.45, 7) is 8.62. The molecule has 1 aromatic heterocycles. The quantitative estimate of drug-likeness (QED) is 0.265. The first-order valence-corrected chi connectivity index (χ1v) is 9.09. The molecule has 2 heterocycles. The Hall–Kier alpha value is -0.420. The van der Waals surface area contributed by atoms with Gasteiger partial charge in [0.25, 0.3) is 0 Å². The van der Waals surface area contributed by atoms with Crippen molar-refractivity contribution in [2.45, 2.75) is 13.0 Å². The summed E-state index contributed by atoms with van der Waals surface area (Å²) in [6, 6.07) is 4.63. The molecule has 1 unspecified atom stereocenters. The number of rotatable bonds is 8. The van der Waals surface area contributed by atoms with Gasteiger partial charge in [0.15, 0.2) is 5.96 Å². The van der Waals surface area contributed by atoms with Gasteiger partial charge in [-0.1, -0.05) is 6.07 Å². The molecule has 0 bridgehead atoms. The maximum absolute atomic E-state index is 5.48. The first-order valence-electron chi connectivity index (χ1n) is 8.21. The Balaban J connectivity index is 0.00000288. The molecule has 1 atom stereocenters. The lowest BCUT2D eigenvalue weighted by Crippen LogP contribution is -2.42. The molecule has 1 aromatic rings. The van der Waals surface area contributed by atoms with E-state index in [1.807, 2.05) is 0 Å². The number of morpholine rings is 1. The summed E-state index contributed by atoms with van der Waals surface area (Å²) in [7, 11) is 1.71. The van der Waals surface area contributed by atoms with E-state index in [1.54, 1.807) is 18.4 Å². The van der Waals surface area contributed by atoms with Crippen LogP contribution in [-0.4, -0.2) is 70.5 Å². The maximum atomic E-state index is 5.48. The minimum Gasteiger partial charge on any atom is -0.383 e. The summed E-state index contributed by atoms with van der Waals surface area (Å²) >= 11 is 1.80. The second kappa shape index (κ2) is 12.9. The molecule has 1 saturated heterocycles. The van der Waals surface area contributed by atoms with Crippen LogP contribution in [0.15, 0.2) is 22.5 Å². The van der Waals surface area contributed by atoms with Gasteiger partial charge >= 0.3 is 0 Å². The molecule has 138 valence electrons. The van der Waals surface area contributed by atoms with Crippen LogP contribution in [0.25, 0.3) is 0 Å². The van der Waals surface area contributed by atoms with Crippen LogP contribution < -0.4 is 10.6 Å². The fraction of sp³-hybridized carbons (Fsp3) is 0.688. The molecule has 24 heavy (non-hydrogen) atoms. The zero-order valence-electron chi connectivity index (χ0n) is 14.5. The summed E-state index contributed by atoms with van der Waals surface area (Å²) in [6.07, 6.45) is 0. The van der Waals surface area contributed by atoms with Crippen molar-refractivity contribution >= 4 is 41.3 Å². The van der Waals surface area contributed by atoms with Gasteiger partial charge in [0.05, 0.1) is 32.4 Å². The number of halogens is 1. The number of hydrogen-bond acceptors (Lipinski definition) is 5. The highest BCUT2D eigenvalue weighted by Crippen LogP contribution is 2.26. The largest absolute Gasteiger partial charge is 0.383 e. The molecule has 2 N–H and O–H groups in total. The number of aliphatic imine (C=N–C) groups is 1. The lowest BCUT2D eigenvalue weighted by Gasteiger charge is -2.33. The number of hydrogen-bond donors (Lipinski definition) is 2. The van der Waals surface area contributed by atoms with E-state index in [4.69, 9.17) is 14.5 Å². The Morgan fingerprint density at radius 3 is 2.83 bits per heavy atom. The predicted molar refractivity (Wildman–Crippen MR) is 111 cm³/mol. The van der Waals surface area contributed by atoms with Gasteiger partial charge in [-0.15, -0.1) is 35.3 Å². The van der Waals surface area contributed by atoms with Crippen molar-refractivity contribution in [2.75, 3.05) is 59.7 Å². The molecule has 2 rings (SSSR count). The standard InChI is InChI=1S/C16H28N4O2S.HI/c1-3-17-16(18-6-9-21-2)19-13-14(15-5-4-12-23-15)20-7-10-22-11-8-20;/h4-5,12,14H,3,6-11,13H2,1-2H3,(H2,17,18,19);1H. The SMILES string of the molecule is CCNC(=NCC(c1cccs1)N1CCOCC1)NCCOC.I. The van der Waals surface area contributed by atoms with Crippen LogP contribution in [0, 0.1) is 0 Å².